The molecule has 1 unspecified atom stereocenters. The Hall–Kier alpha value is -1.69. The van der Waals surface area contributed by atoms with Crippen LogP contribution in [0.15, 0.2) is 53.4 Å². The zero-order valence-corrected chi connectivity index (χ0v) is 17.5. The van der Waals surface area contributed by atoms with Crippen LogP contribution in [0.25, 0.3) is 0 Å². The Morgan fingerprint density at radius 1 is 1.04 bits per heavy atom. The summed E-state index contributed by atoms with van der Waals surface area (Å²) < 4.78 is 0. The standard InChI is InChI=1S/C20H22Cl2N2O2S/c1-13(2)18(24-19(25)16-5-3-4-6-17(16)22)20(26)23-11-12-27-15-9-7-14(21)8-10-15/h3-10,13,18H,11-12H2,1-2H3,(H,23,26)(H,24,25). The summed E-state index contributed by atoms with van der Waals surface area (Å²) in [5, 5.41) is 6.72. The first kappa shape index (κ1) is 21.6. The van der Waals surface area contributed by atoms with Gasteiger partial charge in [-0.05, 0) is 42.3 Å². The van der Waals surface area contributed by atoms with E-state index in [1.54, 1.807) is 36.0 Å². The lowest BCUT2D eigenvalue weighted by Crippen LogP contribution is -2.50. The molecule has 27 heavy (non-hydrogen) atoms. The van der Waals surface area contributed by atoms with Crippen molar-refractivity contribution in [1.82, 2.24) is 10.6 Å². The molecule has 2 aromatic carbocycles. The summed E-state index contributed by atoms with van der Waals surface area (Å²) in [6, 6.07) is 13.7. The van der Waals surface area contributed by atoms with Crippen LogP contribution in [0.5, 0.6) is 0 Å². The third-order valence-electron chi connectivity index (χ3n) is 3.84. The summed E-state index contributed by atoms with van der Waals surface area (Å²) in [5.74, 6) is 0.101. The van der Waals surface area contributed by atoms with Gasteiger partial charge in [-0.2, -0.15) is 0 Å². The number of nitrogens with one attached hydrogen (secondary N) is 2. The maximum Gasteiger partial charge on any atom is 0.253 e. The molecule has 1 atom stereocenters. The minimum absolute atomic E-state index is 0.0552. The van der Waals surface area contributed by atoms with E-state index in [0.717, 1.165) is 10.6 Å². The Kier molecular flexibility index (Phi) is 8.48. The summed E-state index contributed by atoms with van der Waals surface area (Å²) in [6.45, 7) is 4.27. The highest BCUT2D eigenvalue weighted by atomic mass is 35.5. The summed E-state index contributed by atoms with van der Waals surface area (Å²) >= 11 is 13.6. The van der Waals surface area contributed by atoms with Crippen molar-refractivity contribution in [3.63, 3.8) is 0 Å². The quantitative estimate of drug-likeness (QED) is 0.478. The molecule has 0 saturated heterocycles. The third-order valence-corrected chi connectivity index (χ3v) is 5.43. The van der Waals surface area contributed by atoms with Crippen LogP contribution in [0, 0.1) is 5.92 Å². The van der Waals surface area contributed by atoms with Crippen molar-refractivity contribution in [2.75, 3.05) is 12.3 Å². The lowest BCUT2D eigenvalue weighted by Gasteiger charge is -2.22. The average Bonchev–Trinajstić information content (AvgIpc) is 2.64. The van der Waals surface area contributed by atoms with Gasteiger partial charge in [-0.15, -0.1) is 11.8 Å². The largest absolute Gasteiger partial charge is 0.353 e. The van der Waals surface area contributed by atoms with Crippen LogP contribution >= 0.6 is 35.0 Å². The van der Waals surface area contributed by atoms with Crippen molar-refractivity contribution in [1.29, 1.82) is 0 Å². The predicted octanol–water partition coefficient (Wildman–Crippen LogP) is 4.66. The predicted molar refractivity (Wildman–Crippen MR) is 113 cm³/mol. The van der Waals surface area contributed by atoms with Gasteiger partial charge in [0, 0.05) is 22.2 Å². The van der Waals surface area contributed by atoms with Crippen molar-refractivity contribution >= 4 is 46.8 Å². The molecule has 0 spiro atoms. The summed E-state index contributed by atoms with van der Waals surface area (Å²) in [5.41, 5.74) is 0.357. The number of hydrogen-bond acceptors (Lipinski definition) is 3. The molecule has 0 aliphatic heterocycles. The molecule has 0 bridgehead atoms. The molecule has 0 aliphatic rings. The van der Waals surface area contributed by atoms with Crippen molar-refractivity contribution in [3.05, 3.63) is 64.1 Å². The van der Waals surface area contributed by atoms with Crippen LogP contribution in [0.2, 0.25) is 10.0 Å². The first-order chi connectivity index (χ1) is 12.9. The van der Waals surface area contributed by atoms with Gasteiger partial charge in [0.2, 0.25) is 5.91 Å². The number of amides is 2. The van der Waals surface area contributed by atoms with Gasteiger partial charge < -0.3 is 10.6 Å². The first-order valence-corrected chi connectivity index (χ1v) is 10.3. The average molecular weight is 425 g/mol. The fourth-order valence-electron chi connectivity index (χ4n) is 2.38. The number of benzene rings is 2. The maximum absolute atomic E-state index is 12.5. The van der Waals surface area contributed by atoms with E-state index < -0.39 is 6.04 Å². The number of carbonyl (C=O) groups is 2. The molecule has 4 nitrogen and oxygen atoms in total. The highest BCUT2D eigenvalue weighted by molar-refractivity contribution is 7.99. The van der Waals surface area contributed by atoms with Crippen molar-refractivity contribution < 1.29 is 9.59 Å². The van der Waals surface area contributed by atoms with Gasteiger partial charge in [-0.1, -0.05) is 49.2 Å². The topological polar surface area (TPSA) is 58.2 Å². The molecule has 144 valence electrons. The van der Waals surface area contributed by atoms with Gasteiger partial charge in [0.25, 0.3) is 5.91 Å². The summed E-state index contributed by atoms with van der Waals surface area (Å²) in [7, 11) is 0. The second-order valence-corrected chi connectivity index (χ2v) is 8.28. The molecule has 0 saturated carbocycles. The maximum atomic E-state index is 12.5. The molecule has 2 N–H and O–H groups in total. The number of hydrogen-bond donors (Lipinski definition) is 2. The molecule has 2 rings (SSSR count). The van der Waals surface area contributed by atoms with Crippen LogP contribution in [0.3, 0.4) is 0 Å². The van der Waals surface area contributed by atoms with E-state index in [9.17, 15) is 9.59 Å². The van der Waals surface area contributed by atoms with Gasteiger partial charge >= 0.3 is 0 Å². The number of rotatable bonds is 8. The third kappa shape index (κ3) is 6.76. The lowest BCUT2D eigenvalue weighted by atomic mass is 10.0. The van der Waals surface area contributed by atoms with Crippen molar-refractivity contribution in [3.8, 4) is 0 Å². The highest BCUT2D eigenvalue weighted by Crippen LogP contribution is 2.20. The Balaban J connectivity index is 1.86. The Morgan fingerprint density at radius 3 is 2.33 bits per heavy atom. The number of thioether (sulfide) groups is 1. The van der Waals surface area contributed by atoms with Crippen LogP contribution in [-0.2, 0) is 4.79 Å². The second kappa shape index (κ2) is 10.6. The zero-order valence-electron chi connectivity index (χ0n) is 15.2. The van der Waals surface area contributed by atoms with Gasteiger partial charge in [0.15, 0.2) is 0 Å². The fourth-order valence-corrected chi connectivity index (χ4v) is 3.50. The minimum Gasteiger partial charge on any atom is -0.353 e. The SMILES string of the molecule is CC(C)C(NC(=O)c1ccccc1Cl)C(=O)NCCSc1ccc(Cl)cc1. The Labute approximate surface area is 174 Å². The molecule has 0 aliphatic carbocycles. The van der Waals surface area contributed by atoms with Crippen LogP contribution < -0.4 is 10.6 Å². The lowest BCUT2D eigenvalue weighted by molar-refractivity contribution is -0.123. The molecule has 2 amide bonds. The van der Waals surface area contributed by atoms with E-state index in [1.165, 1.54) is 0 Å². The van der Waals surface area contributed by atoms with Gasteiger partial charge in [0.1, 0.15) is 6.04 Å². The minimum atomic E-state index is -0.630. The normalized spacial score (nSPS) is 11.9. The molecule has 2 aromatic rings. The molecule has 0 radical (unpaired) electrons. The first-order valence-electron chi connectivity index (χ1n) is 8.60. The Morgan fingerprint density at radius 2 is 1.70 bits per heavy atom. The molecule has 0 fully saturated rings. The molecule has 0 heterocycles. The number of halogens is 2. The van der Waals surface area contributed by atoms with E-state index in [2.05, 4.69) is 10.6 Å². The van der Waals surface area contributed by atoms with E-state index >= 15 is 0 Å². The van der Waals surface area contributed by atoms with Gasteiger partial charge in [-0.3, -0.25) is 9.59 Å². The molecule has 0 aromatic heterocycles. The van der Waals surface area contributed by atoms with Gasteiger partial charge in [-0.25, -0.2) is 0 Å². The molecular weight excluding hydrogens is 403 g/mol. The summed E-state index contributed by atoms with van der Waals surface area (Å²) in [4.78, 5) is 26.0. The highest BCUT2D eigenvalue weighted by Gasteiger charge is 2.25. The monoisotopic (exact) mass is 424 g/mol. The Bertz CT molecular complexity index is 782. The van der Waals surface area contributed by atoms with Crippen LogP contribution in [-0.4, -0.2) is 30.2 Å². The van der Waals surface area contributed by atoms with Crippen LogP contribution in [0.1, 0.15) is 24.2 Å². The van der Waals surface area contributed by atoms with Gasteiger partial charge in [0.05, 0.1) is 10.6 Å². The van der Waals surface area contributed by atoms with Crippen molar-refractivity contribution in [2.24, 2.45) is 5.92 Å². The zero-order chi connectivity index (χ0) is 19.8. The second-order valence-electron chi connectivity index (χ2n) is 6.27. The van der Waals surface area contributed by atoms with E-state index in [0.29, 0.717) is 22.2 Å². The van der Waals surface area contributed by atoms with E-state index in [-0.39, 0.29) is 17.7 Å². The summed E-state index contributed by atoms with van der Waals surface area (Å²) in [6.07, 6.45) is 0. The molecular formula is C20H22Cl2N2O2S. The molecule has 7 heteroatoms. The number of carbonyl (C=O) groups excluding carboxylic acids is 2. The smallest absolute Gasteiger partial charge is 0.253 e. The van der Waals surface area contributed by atoms with E-state index in [1.807, 2.05) is 38.1 Å². The van der Waals surface area contributed by atoms with Crippen LogP contribution in [0.4, 0.5) is 0 Å². The fraction of sp³-hybridized carbons (Fsp3) is 0.300. The van der Waals surface area contributed by atoms with Crippen molar-refractivity contribution in [2.45, 2.75) is 24.8 Å². The van der Waals surface area contributed by atoms with E-state index in [4.69, 9.17) is 23.2 Å².